The average molecular weight is 619 g/mol. The van der Waals surface area contributed by atoms with E-state index in [2.05, 4.69) is 44.3 Å². The number of ether oxygens (including phenoxy) is 3. The number of amides is 1. The summed E-state index contributed by atoms with van der Waals surface area (Å²) in [5.41, 5.74) is 2.02. The predicted octanol–water partition coefficient (Wildman–Crippen LogP) is 4.55. The van der Waals surface area contributed by atoms with Gasteiger partial charge in [0.2, 0.25) is 5.91 Å². The van der Waals surface area contributed by atoms with E-state index in [1.165, 1.54) is 17.9 Å². The summed E-state index contributed by atoms with van der Waals surface area (Å²) in [5.74, 6) is 1.51. The molecule has 5 atom stereocenters. The van der Waals surface area contributed by atoms with Gasteiger partial charge in [-0.2, -0.15) is 0 Å². The van der Waals surface area contributed by atoms with Crippen molar-refractivity contribution in [1.82, 2.24) is 9.47 Å². The Hall–Kier alpha value is -3.40. The fraction of sp³-hybridized carbons (Fsp3) is 0.486. The molecule has 2 fully saturated rings. The van der Waals surface area contributed by atoms with Gasteiger partial charge in [0.1, 0.15) is 5.75 Å². The Bertz CT molecular complexity index is 1470. The number of methoxy groups -OCH3 is 2. The lowest BCUT2D eigenvalue weighted by atomic mass is 9.95. The molecule has 2 aromatic carbocycles. The third kappa shape index (κ3) is 6.50. The molecule has 44 heavy (non-hydrogen) atoms. The predicted molar refractivity (Wildman–Crippen MR) is 175 cm³/mol. The number of carbonyl (C=O) groups is 1. The molecular formula is C35H46N2O6Si. The van der Waals surface area contributed by atoms with E-state index in [1.807, 2.05) is 29.2 Å². The summed E-state index contributed by atoms with van der Waals surface area (Å²) in [5, 5.41) is 11.2. The maximum absolute atomic E-state index is 13.6. The molecule has 0 bridgehead atoms. The van der Waals surface area contributed by atoms with Crippen molar-refractivity contribution in [1.29, 1.82) is 0 Å². The van der Waals surface area contributed by atoms with Crippen molar-refractivity contribution in [2.45, 2.75) is 75.9 Å². The molecule has 0 saturated carbocycles. The molecule has 2 aliphatic heterocycles. The second kappa shape index (κ2) is 13.7. The van der Waals surface area contributed by atoms with E-state index in [1.54, 1.807) is 30.0 Å². The molecule has 236 valence electrons. The van der Waals surface area contributed by atoms with Crippen molar-refractivity contribution in [3.05, 3.63) is 82.8 Å². The largest absolute Gasteiger partial charge is 0.497 e. The normalized spacial score (nSPS) is 23.6. The lowest BCUT2D eigenvalue weighted by Crippen LogP contribution is -2.51. The summed E-state index contributed by atoms with van der Waals surface area (Å²) in [6.45, 7) is 7.80. The number of hydrogen-bond acceptors (Lipinski definition) is 6. The van der Waals surface area contributed by atoms with Crippen LogP contribution in [0.2, 0.25) is 18.6 Å². The van der Waals surface area contributed by atoms with E-state index in [9.17, 15) is 14.7 Å². The minimum absolute atomic E-state index is 0.0110. The summed E-state index contributed by atoms with van der Waals surface area (Å²) in [6.07, 6.45) is 5.41. The highest BCUT2D eigenvalue weighted by atomic mass is 28.3. The Morgan fingerprint density at radius 1 is 1.02 bits per heavy atom. The topological polar surface area (TPSA) is 90.2 Å². The minimum Gasteiger partial charge on any atom is -0.497 e. The lowest BCUT2D eigenvalue weighted by Gasteiger charge is -2.36. The molecule has 1 amide bonds. The number of aromatic nitrogens is 1. The molecule has 0 spiro atoms. The van der Waals surface area contributed by atoms with Gasteiger partial charge in [0.25, 0.3) is 5.56 Å². The van der Waals surface area contributed by atoms with Gasteiger partial charge in [0.15, 0.2) is 5.75 Å². The van der Waals surface area contributed by atoms with Gasteiger partial charge in [-0.15, -0.1) is 0 Å². The highest BCUT2D eigenvalue weighted by Gasteiger charge is 2.51. The third-order valence-corrected chi connectivity index (χ3v) is 14.3. The first kappa shape index (κ1) is 32.0. The van der Waals surface area contributed by atoms with Crippen LogP contribution in [0.15, 0.2) is 71.7 Å². The van der Waals surface area contributed by atoms with Crippen LogP contribution in [0, 0.1) is 5.92 Å². The third-order valence-electron chi connectivity index (χ3n) is 9.92. The van der Waals surface area contributed by atoms with Crippen LogP contribution in [0.3, 0.4) is 0 Å². The number of pyridine rings is 1. The second-order valence-corrected chi connectivity index (χ2v) is 17.5. The number of rotatable bonds is 11. The highest BCUT2D eigenvalue weighted by molar-refractivity contribution is 6.91. The standard InChI is InChI=1S/C35H46N2O6Si/c1-24-30(19-12-25-10-13-26(14-11-25)37-21-7-9-31(42-3)35(37)40)43-32(22-33(39)36-20-6-8-27(36)23-38)34(24)44(4,5)29-17-15-28(41-2)16-18-29/h7,9-11,13-18,21,24,27,30,32,34,38H,6,8,12,19-20,22-23H2,1-5H3/t24-,27+,30+,32-,34+/m1/s1. The lowest BCUT2D eigenvalue weighted by molar-refractivity contribution is -0.135. The van der Waals surface area contributed by atoms with E-state index in [0.29, 0.717) is 18.7 Å². The number of aliphatic hydroxyl groups excluding tert-OH is 1. The first-order valence-electron chi connectivity index (χ1n) is 15.7. The maximum atomic E-state index is 13.6. The molecule has 2 aliphatic rings. The molecule has 0 radical (unpaired) electrons. The van der Waals surface area contributed by atoms with E-state index in [4.69, 9.17) is 14.2 Å². The van der Waals surface area contributed by atoms with Crippen LogP contribution < -0.4 is 20.2 Å². The zero-order valence-electron chi connectivity index (χ0n) is 26.6. The number of aryl methyl sites for hydroxylation is 1. The quantitative estimate of drug-likeness (QED) is 0.317. The van der Waals surface area contributed by atoms with Crippen LogP contribution in [-0.2, 0) is 16.0 Å². The Morgan fingerprint density at radius 2 is 1.75 bits per heavy atom. The van der Waals surface area contributed by atoms with Gasteiger partial charge >= 0.3 is 0 Å². The first-order valence-corrected chi connectivity index (χ1v) is 18.8. The van der Waals surface area contributed by atoms with Crippen molar-refractivity contribution in [3.63, 3.8) is 0 Å². The summed E-state index contributed by atoms with van der Waals surface area (Å²) >= 11 is 0. The number of carbonyl (C=O) groups excluding carboxylic acids is 1. The van der Waals surface area contributed by atoms with Crippen molar-refractivity contribution in [2.75, 3.05) is 27.4 Å². The van der Waals surface area contributed by atoms with E-state index < -0.39 is 8.07 Å². The Morgan fingerprint density at radius 3 is 2.41 bits per heavy atom. The second-order valence-electron chi connectivity index (χ2n) is 12.8. The smallest absolute Gasteiger partial charge is 0.297 e. The van der Waals surface area contributed by atoms with Crippen LogP contribution in [0.25, 0.3) is 5.69 Å². The SMILES string of the molecule is COc1ccc([Si](C)(C)[C@H]2[C@H](C)[C@H](CCc3ccc(-n4cccc(OC)c4=O)cc3)O[C@@H]2CC(=O)N2CCC[C@H]2CO)cc1. The Balaban J connectivity index is 1.34. The van der Waals surface area contributed by atoms with Gasteiger partial charge in [-0.3, -0.25) is 14.2 Å². The zero-order chi connectivity index (χ0) is 31.4. The summed E-state index contributed by atoms with van der Waals surface area (Å²) < 4.78 is 19.0. The van der Waals surface area contributed by atoms with Crippen LogP contribution >= 0.6 is 0 Å². The van der Waals surface area contributed by atoms with Crippen molar-refractivity contribution >= 4 is 19.2 Å². The number of nitrogens with zero attached hydrogens (tertiary/aromatic N) is 2. The van der Waals surface area contributed by atoms with Gasteiger partial charge < -0.3 is 24.2 Å². The summed E-state index contributed by atoms with van der Waals surface area (Å²) in [4.78, 5) is 28.1. The van der Waals surface area contributed by atoms with E-state index in [0.717, 1.165) is 37.1 Å². The van der Waals surface area contributed by atoms with Gasteiger partial charge in [-0.25, -0.2) is 0 Å². The van der Waals surface area contributed by atoms with E-state index >= 15 is 0 Å². The Labute approximate surface area is 261 Å². The molecule has 5 rings (SSSR count). The van der Waals surface area contributed by atoms with Crippen molar-refractivity contribution in [3.8, 4) is 17.2 Å². The fourth-order valence-electron chi connectivity index (χ4n) is 7.45. The molecule has 1 aromatic heterocycles. The average Bonchev–Trinajstić information content (AvgIpc) is 3.64. The molecule has 3 aromatic rings. The van der Waals surface area contributed by atoms with Gasteiger partial charge in [0.05, 0.1) is 53.6 Å². The molecule has 9 heteroatoms. The number of aliphatic hydroxyl groups is 1. The molecule has 1 N–H and O–H groups in total. The number of hydrogen-bond donors (Lipinski definition) is 1. The molecular weight excluding hydrogens is 572 g/mol. The fourth-order valence-corrected chi connectivity index (χ4v) is 11.5. The van der Waals surface area contributed by atoms with Gasteiger partial charge in [0, 0.05) is 18.4 Å². The first-order chi connectivity index (χ1) is 21.2. The summed E-state index contributed by atoms with van der Waals surface area (Å²) in [7, 11) is 1.09. The van der Waals surface area contributed by atoms with Crippen LogP contribution in [0.4, 0.5) is 0 Å². The van der Waals surface area contributed by atoms with Crippen LogP contribution in [0.1, 0.15) is 38.2 Å². The van der Waals surface area contributed by atoms with Crippen LogP contribution in [-0.4, -0.2) is 74.2 Å². The monoisotopic (exact) mass is 618 g/mol. The maximum Gasteiger partial charge on any atom is 0.297 e. The highest BCUT2D eigenvalue weighted by Crippen LogP contribution is 2.46. The molecule has 0 aliphatic carbocycles. The zero-order valence-corrected chi connectivity index (χ0v) is 27.6. The molecule has 3 heterocycles. The number of likely N-dealkylation sites (tertiary alicyclic amines) is 1. The van der Waals surface area contributed by atoms with Crippen molar-refractivity contribution < 1.29 is 24.1 Å². The summed E-state index contributed by atoms with van der Waals surface area (Å²) in [6, 6.07) is 19.9. The van der Waals surface area contributed by atoms with Gasteiger partial charge in [-0.1, -0.05) is 49.5 Å². The Kier molecular flexibility index (Phi) is 9.97. The minimum atomic E-state index is -2.09. The molecule has 0 unspecified atom stereocenters. The molecule has 2 saturated heterocycles. The van der Waals surface area contributed by atoms with Crippen LogP contribution in [0.5, 0.6) is 11.5 Å². The van der Waals surface area contributed by atoms with E-state index in [-0.39, 0.29) is 47.8 Å². The van der Waals surface area contributed by atoms with Gasteiger partial charge in [-0.05, 0) is 79.1 Å². The number of benzene rings is 2. The molecule has 8 nitrogen and oxygen atoms in total. The van der Waals surface area contributed by atoms with Crippen molar-refractivity contribution in [2.24, 2.45) is 5.92 Å².